The highest BCUT2D eigenvalue weighted by molar-refractivity contribution is 5.83. The lowest BCUT2D eigenvalue weighted by Gasteiger charge is -2.31. The van der Waals surface area contributed by atoms with Crippen molar-refractivity contribution in [3.05, 3.63) is 41.6 Å². The Hall–Kier alpha value is -1.77. The minimum Gasteiger partial charge on any atom is -0.497 e. The Bertz CT molecular complexity index is 564. The lowest BCUT2D eigenvalue weighted by Crippen LogP contribution is -2.26. The van der Waals surface area contributed by atoms with Crippen molar-refractivity contribution in [2.24, 2.45) is 5.41 Å². The van der Waals surface area contributed by atoms with Crippen LogP contribution in [0.2, 0.25) is 0 Å². The number of methoxy groups -OCH3 is 1. The third-order valence-corrected chi connectivity index (χ3v) is 4.50. The van der Waals surface area contributed by atoms with Gasteiger partial charge in [-0.1, -0.05) is 25.1 Å². The molecule has 1 saturated heterocycles. The van der Waals surface area contributed by atoms with Gasteiger partial charge in [0.05, 0.1) is 13.7 Å². The first-order valence-corrected chi connectivity index (χ1v) is 7.26. The first-order valence-electron chi connectivity index (χ1n) is 7.26. The molecular weight excluding hydrogens is 250 g/mol. The number of likely N-dealkylation sites (tertiary alicyclic amines) is 1. The largest absolute Gasteiger partial charge is 0.497 e. The van der Waals surface area contributed by atoms with Gasteiger partial charge in [-0.3, -0.25) is 4.79 Å². The van der Waals surface area contributed by atoms with E-state index in [1.54, 1.807) is 7.11 Å². The molecule has 1 amide bonds. The number of carbonyl (C=O) groups is 1. The Morgan fingerprint density at radius 2 is 2.25 bits per heavy atom. The first-order chi connectivity index (χ1) is 9.62. The van der Waals surface area contributed by atoms with Crippen molar-refractivity contribution >= 4 is 5.91 Å². The van der Waals surface area contributed by atoms with E-state index in [1.807, 2.05) is 23.1 Å². The molecule has 3 nitrogen and oxygen atoms in total. The van der Waals surface area contributed by atoms with Crippen LogP contribution in [-0.2, 0) is 11.3 Å². The molecule has 0 saturated carbocycles. The molecule has 1 unspecified atom stereocenters. The van der Waals surface area contributed by atoms with E-state index in [9.17, 15) is 4.79 Å². The molecule has 1 atom stereocenters. The zero-order chi connectivity index (χ0) is 14.2. The van der Waals surface area contributed by atoms with Crippen LogP contribution in [0, 0.1) is 5.41 Å². The predicted molar refractivity (Wildman–Crippen MR) is 78.2 cm³/mol. The maximum atomic E-state index is 12.4. The number of fused-ring (bicyclic) bond motifs is 1. The number of nitrogens with zero attached hydrogens (tertiary/aromatic N) is 1. The Balaban J connectivity index is 1.86. The number of hydrogen-bond donors (Lipinski definition) is 0. The molecule has 0 spiro atoms. The van der Waals surface area contributed by atoms with Gasteiger partial charge in [0.1, 0.15) is 5.75 Å². The van der Waals surface area contributed by atoms with Crippen molar-refractivity contribution < 1.29 is 9.53 Å². The van der Waals surface area contributed by atoms with E-state index in [1.165, 1.54) is 12.1 Å². The van der Waals surface area contributed by atoms with Gasteiger partial charge in [-0.25, -0.2) is 0 Å². The molecule has 1 aliphatic heterocycles. The molecule has 106 valence electrons. The van der Waals surface area contributed by atoms with Crippen molar-refractivity contribution in [2.45, 2.75) is 39.2 Å². The van der Waals surface area contributed by atoms with Gasteiger partial charge < -0.3 is 9.64 Å². The van der Waals surface area contributed by atoms with Gasteiger partial charge in [0.15, 0.2) is 0 Å². The Morgan fingerprint density at radius 1 is 1.40 bits per heavy atom. The molecule has 20 heavy (non-hydrogen) atoms. The third-order valence-electron chi connectivity index (χ3n) is 4.50. The Morgan fingerprint density at radius 3 is 3.05 bits per heavy atom. The van der Waals surface area contributed by atoms with Gasteiger partial charge in [-0.05, 0) is 37.0 Å². The van der Waals surface area contributed by atoms with Gasteiger partial charge in [-0.15, -0.1) is 0 Å². The van der Waals surface area contributed by atoms with E-state index in [2.05, 4.69) is 19.1 Å². The topological polar surface area (TPSA) is 29.5 Å². The zero-order valence-corrected chi connectivity index (χ0v) is 12.2. The standard InChI is InChI=1S/C17H21NO2/c1-17-9-4-3-8-15(17)18(16(19)11-17)12-13-6-5-7-14(10-13)20-2/h5-8,10H,3-4,9,11-12H2,1-2H3. The second kappa shape index (κ2) is 4.97. The van der Waals surface area contributed by atoms with Crippen molar-refractivity contribution in [3.8, 4) is 5.75 Å². The van der Waals surface area contributed by atoms with Crippen molar-refractivity contribution in [3.63, 3.8) is 0 Å². The van der Waals surface area contributed by atoms with Crippen LogP contribution in [0.15, 0.2) is 36.0 Å². The van der Waals surface area contributed by atoms with E-state index < -0.39 is 0 Å². The molecule has 1 fully saturated rings. The number of amides is 1. The normalized spacial score (nSPS) is 25.4. The lowest BCUT2D eigenvalue weighted by molar-refractivity contribution is -0.127. The van der Waals surface area contributed by atoms with E-state index in [4.69, 9.17) is 4.74 Å². The minimum atomic E-state index is 0.0637. The summed E-state index contributed by atoms with van der Waals surface area (Å²) in [5.74, 6) is 1.10. The third kappa shape index (κ3) is 2.21. The molecular formula is C17H21NO2. The van der Waals surface area contributed by atoms with Crippen LogP contribution < -0.4 is 4.74 Å². The summed E-state index contributed by atoms with van der Waals surface area (Å²) in [6.07, 6.45) is 6.32. The maximum absolute atomic E-state index is 12.4. The van der Waals surface area contributed by atoms with Crippen LogP contribution >= 0.6 is 0 Å². The summed E-state index contributed by atoms with van der Waals surface area (Å²) in [7, 11) is 1.67. The van der Waals surface area contributed by atoms with Crippen molar-refractivity contribution in [1.29, 1.82) is 0 Å². The molecule has 3 rings (SSSR count). The van der Waals surface area contributed by atoms with Gasteiger partial charge >= 0.3 is 0 Å². The fourth-order valence-corrected chi connectivity index (χ4v) is 3.41. The summed E-state index contributed by atoms with van der Waals surface area (Å²) in [6, 6.07) is 7.96. The summed E-state index contributed by atoms with van der Waals surface area (Å²) in [4.78, 5) is 14.3. The molecule has 0 radical (unpaired) electrons. The fraction of sp³-hybridized carbons (Fsp3) is 0.471. The van der Waals surface area contributed by atoms with E-state index in [0.29, 0.717) is 13.0 Å². The highest BCUT2D eigenvalue weighted by atomic mass is 16.5. The van der Waals surface area contributed by atoms with Gasteiger partial charge in [0.2, 0.25) is 5.91 Å². The summed E-state index contributed by atoms with van der Waals surface area (Å²) in [5, 5.41) is 0. The van der Waals surface area contributed by atoms with Crippen LogP contribution in [0.1, 0.15) is 38.2 Å². The number of carbonyl (C=O) groups excluding carboxylic acids is 1. The van der Waals surface area contributed by atoms with Gasteiger partial charge in [0.25, 0.3) is 0 Å². The number of rotatable bonds is 3. The van der Waals surface area contributed by atoms with Crippen LogP contribution in [0.25, 0.3) is 0 Å². The number of benzene rings is 1. The Kier molecular flexibility index (Phi) is 3.28. The highest BCUT2D eigenvalue weighted by Gasteiger charge is 2.44. The highest BCUT2D eigenvalue weighted by Crippen LogP contribution is 2.47. The fourth-order valence-electron chi connectivity index (χ4n) is 3.41. The molecule has 0 aromatic heterocycles. The Labute approximate surface area is 120 Å². The molecule has 3 heteroatoms. The average molecular weight is 271 g/mol. The second-order valence-electron chi connectivity index (χ2n) is 6.05. The number of allylic oxidation sites excluding steroid dienone is 2. The quantitative estimate of drug-likeness (QED) is 0.842. The van der Waals surface area contributed by atoms with E-state index in [-0.39, 0.29) is 11.3 Å². The predicted octanol–water partition coefficient (Wildman–Crippen LogP) is 3.50. The average Bonchev–Trinajstić information content (AvgIpc) is 2.70. The summed E-state index contributed by atoms with van der Waals surface area (Å²) in [6.45, 7) is 2.87. The number of ether oxygens (including phenoxy) is 1. The van der Waals surface area contributed by atoms with Crippen molar-refractivity contribution in [2.75, 3.05) is 7.11 Å². The number of hydrogen-bond acceptors (Lipinski definition) is 2. The first kappa shape index (κ1) is 13.2. The van der Waals surface area contributed by atoms with E-state index >= 15 is 0 Å². The van der Waals surface area contributed by atoms with Crippen LogP contribution in [-0.4, -0.2) is 17.9 Å². The van der Waals surface area contributed by atoms with E-state index in [0.717, 1.165) is 24.2 Å². The SMILES string of the molecule is COc1cccc(CN2C(=O)CC3(C)CCCC=C23)c1. The maximum Gasteiger partial charge on any atom is 0.227 e. The summed E-state index contributed by atoms with van der Waals surface area (Å²) < 4.78 is 5.25. The smallest absolute Gasteiger partial charge is 0.227 e. The minimum absolute atomic E-state index is 0.0637. The van der Waals surface area contributed by atoms with Gasteiger partial charge in [-0.2, -0.15) is 0 Å². The molecule has 1 aliphatic carbocycles. The van der Waals surface area contributed by atoms with Crippen LogP contribution in [0.5, 0.6) is 5.75 Å². The zero-order valence-electron chi connectivity index (χ0n) is 12.2. The lowest BCUT2D eigenvalue weighted by atomic mass is 9.77. The summed E-state index contributed by atoms with van der Waals surface area (Å²) in [5.41, 5.74) is 2.42. The monoisotopic (exact) mass is 271 g/mol. The van der Waals surface area contributed by atoms with Crippen molar-refractivity contribution in [1.82, 2.24) is 4.90 Å². The second-order valence-corrected chi connectivity index (χ2v) is 6.05. The molecule has 1 aromatic rings. The van der Waals surface area contributed by atoms with Crippen LogP contribution in [0.3, 0.4) is 0 Å². The molecule has 0 bridgehead atoms. The van der Waals surface area contributed by atoms with Crippen LogP contribution in [0.4, 0.5) is 0 Å². The molecule has 2 aliphatic rings. The molecule has 1 aromatic carbocycles. The van der Waals surface area contributed by atoms with Gasteiger partial charge in [0, 0.05) is 17.5 Å². The molecule has 1 heterocycles. The summed E-state index contributed by atoms with van der Waals surface area (Å²) >= 11 is 0. The molecule has 0 N–H and O–H groups in total.